The van der Waals surface area contributed by atoms with Gasteiger partial charge in [0.25, 0.3) is 0 Å². The van der Waals surface area contributed by atoms with Gasteiger partial charge in [0.1, 0.15) is 0 Å². The molecule has 0 saturated carbocycles. The van der Waals surface area contributed by atoms with Crippen molar-refractivity contribution in [1.29, 1.82) is 5.41 Å². The average molecular weight is 569 g/mol. The van der Waals surface area contributed by atoms with Gasteiger partial charge in [0.05, 0.1) is 22.1 Å². The first-order valence-electron chi connectivity index (χ1n) is 15.5. The van der Waals surface area contributed by atoms with Crippen LogP contribution in [0.15, 0.2) is 97.7 Å². The highest BCUT2D eigenvalue weighted by Crippen LogP contribution is 2.51. The molecule has 4 heteroatoms. The maximum absolute atomic E-state index is 8.29. The van der Waals surface area contributed by atoms with Gasteiger partial charge in [-0.25, -0.2) is 0 Å². The fourth-order valence-corrected chi connectivity index (χ4v) is 8.20. The Labute approximate surface area is 256 Å². The van der Waals surface area contributed by atoms with E-state index >= 15 is 0 Å². The molecular weight excluding hydrogens is 536 g/mol. The largest absolute Gasteiger partial charge is 0.309 e. The molecular formula is C40H32N4. The lowest BCUT2D eigenvalue weighted by atomic mass is 9.74. The van der Waals surface area contributed by atoms with Crippen LogP contribution in [0.25, 0.3) is 66.1 Å². The first kappa shape index (κ1) is 25.3. The Hall–Kier alpha value is -5.22. The molecule has 44 heavy (non-hydrogen) atoms. The van der Waals surface area contributed by atoms with Crippen molar-refractivity contribution in [2.75, 3.05) is 0 Å². The van der Waals surface area contributed by atoms with E-state index in [1.54, 1.807) is 0 Å². The van der Waals surface area contributed by atoms with E-state index in [1.165, 1.54) is 82.7 Å². The van der Waals surface area contributed by atoms with Crippen LogP contribution in [-0.2, 0) is 25.7 Å². The van der Waals surface area contributed by atoms with Crippen molar-refractivity contribution >= 4 is 55.0 Å². The second-order valence-electron chi connectivity index (χ2n) is 12.4. The van der Waals surface area contributed by atoms with Gasteiger partial charge in [-0.15, -0.1) is 0 Å². The summed E-state index contributed by atoms with van der Waals surface area (Å²) in [4.78, 5) is 4.52. The number of aromatic nitrogens is 3. The molecule has 0 fully saturated rings. The number of benzene rings is 4. The first-order valence-corrected chi connectivity index (χ1v) is 15.5. The number of nitrogens with one attached hydrogen (secondary N) is 1. The van der Waals surface area contributed by atoms with Crippen molar-refractivity contribution in [3.8, 4) is 16.8 Å². The highest BCUT2D eigenvalue weighted by Gasteiger charge is 2.32. The zero-order valence-corrected chi connectivity index (χ0v) is 25.0. The molecule has 0 saturated heterocycles. The van der Waals surface area contributed by atoms with Gasteiger partial charge < -0.3 is 14.5 Å². The van der Waals surface area contributed by atoms with E-state index in [4.69, 9.17) is 5.41 Å². The molecule has 0 unspecified atom stereocenters. The van der Waals surface area contributed by atoms with Crippen LogP contribution in [0.3, 0.4) is 0 Å². The molecule has 0 bridgehead atoms. The Morgan fingerprint density at radius 3 is 2.05 bits per heavy atom. The number of para-hydroxylation sites is 2. The molecule has 0 spiro atoms. The fourth-order valence-electron chi connectivity index (χ4n) is 8.20. The minimum absolute atomic E-state index is 0.520. The minimum atomic E-state index is 0.520. The van der Waals surface area contributed by atoms with Gasteiger partial charge in [-0.05, 0) is 121 Å². The lowest BCUT2D eigenvalue weighted by Gasteiger charge is -2.31. The van der Waals surface area contributed by atoms with Crippen molar-refractivity contribution in [1.82, 2.24) is 14.1 Å². The monoisotopic (exact) mass is 568 g/mol. The van der Waals surface area contributed by atoms with Crippen molar-refractivity contribution in [3.05, 3.63) is 126 Å². The summed E-state index contributed by atoms with van der Waals surface area (Å²) in [5.74, 6) is 0. The summed E-state index contributed by atoms with van der Waals surface area (Å²) < 4.78 is 4.84. The van der Waals surface area contributed by atoms with Gasteiger partial charge in [0.2, 0.25) is 0 Å². The van der Waals surface area contributed by atoms with Crippen LogP contribution >= 0.6 is 0 Å². The maximum atomic E-state index is 8.29. The molecule has 212 valence electrons. The van der Waals surface area contributed by atoms with E-state index in [-0.39, 0.29) is 0 Å². The zero-order chi connectivity index (χ0) is 29.7. The summed E-state index contributed by atoms with van der Waals surface area (Å²) in [7, 11) is 0. The SMILES string of the molecule is C=C/C(=C\C(C)=N)n1c2ccccc2c2cc3c4c(c21)CCc1cc2c5ccccc5n(-c5ccnc(C)c5)c2c(c1-4)CC3. The Morgan fingerprint density at radius 2 is 1.39 bits per heavy atom. The molecule has 4 aromatic carbocycles. The van der Waals surface area contributed by atoms with Gasteiger partial charge >= 0.3 is 0 Å². The van der Waals surface area contributed by atoms with E-state index in [9.17, 15) is 0 Å². The van der Waals surface area contributed by atoms with E-state index in [0.717, 1.165) is 37.1 Å². The summed E-state index contributed by atoms with van der Waals surface area (Å²) in [6, 6.07) is 26.9. The highest BCUT2D eigenvalue weighted by atomic mass is 15.0. The second-order valence-corrected chi connectivity index (χ2v) is 12.4. The quantitative estimate of drug-likeness (QED) is 0.167. The van der Waals surface area contributed by atoms with E-state index in [0.29, 0.717) is 5.71 Å². The van der Waals surface area contributed by atoms with Gasteiger partial charge in [0, 0.05) is 50.5 Å². The molecule has 0 atom stereocenters. The highest BCUT2D eigenvalue weighted by molar-refractivity contribution is 6.17. The Kier molecular flexibility index (Phi) is 5.25. The molecule has 9 rings (SSSR count). The van der Waals surface area contributed by atoms with Gasteiger partial charge in [-0.1, -0.05) is 43.0 Å². The predicted octanol–water partition coefficient (Wildman–Crippen LogP) is 9.53. The van der Waals surface area contributed by atoms with E-state index in [1.807, 2.05) is 25.3 Å². The van der Waals surface area contributed by atoms with Crippen LogP contribution in [0, 0.1) is 12.3 Å². The molecule has 3 heterocycles. The van der Waals surface area contributed by atoms with E-state index in [2.05, 4.69) is 100 Å². The van der Waals surface area contributed by atoms with Crippen LogP contribution in [0.1, 0.15) is 34.9 Å². The number of hydrogen-bond acceptors (Lipinski definition) is 2. The van der Waals surface area contributed by atoms with Crippen molar-refractivity contribution in [3.63, 3.8) is 0 Å². The smallest absolute Gasteiger partial charge is 0.0579 e. The summed E-state index contributed by atoms with van der Waals surface area (Å²) in [5.41, 5.74) is 17.4. The molecule has 2 aliphatic rings. The number of hydrogen-bond donors (Lipinski definition) is 1. The summed E-state index contributed by atoms with van der Waals surface area (Å²) in [5, 5.41) is 13.5. The zero-order valence-electron chi connectivity index (χ0n) is 25.0. The maximum Gasteiger partial charge on any atom is 0.0579 e. The number of rotatable bonds is 4. The molecule has 1 N–H and O–H groups in total. The molecule has 3 aromatic heterocycles. The summed E-state index contributed by atoms with van der Waals surface area (Å²) in [6.45, 7) is 8.09. The second kappa shape index (κ2) is 9.14. The van der Waals surface area contributed by atoms with Crippen LogP contribution in [-0.4, -0.2) is 19.8 Å². The molecule has 0 aliphatic heterocycles. The Bertz CT molecular complexity index is 2450. The number of pyridine rings is 1. The molecule has 0 radical (unpaired) electrons. The van der Waals surface area contributed by atoms with Crippen LogP contribution in [0.2, 0.25) is 0 Å². The third kappa shape index (κ3) is 3.34. The number of nitrogens with zero attached hydrogens (tertiary/aromatic N) is 3. The molecule has 2 aliphatic carbocycles. The topological polar surface area (TPSA) is 46.6 Å². The van der Waals surface area contributed by atoms with E-state index < -0.39 is 0 Å². The molecule has 7 aromatic rings. The first-order chi connectivity index (χ1) is 21.5. The van der Waals surface area contributed by atoms with Crippen molar-refractivity contribution in [2.24, 2.45) is 0 Å². The third-order valence-electron chi connectivity index (χ3n) is 9.79. The lowest BCUT2D eigenvalue weighted by molar-refractivity contribution is 0.883. The average Bonchev–Trinajstić information content (AvgIpc) is 3.55. The lowest BCUT2D eigenvalue weighted by Crippen LogP contribution is -2.16. The standard InChI is InChI=1S/C40H32N4/c1-4-27(19-23(2)41)43-35-11-7-5-9-29(35)33-21-25-14-16-32-38-26(13-15-31(37(25)38)39(33)43)22-34-30-10-6-8-12-36(30)44(40(32)34)28-17-18-42-24(3)20-28/h4-12,17-22,41H,1,13-16H2,2-3H3/b27-19+,41-23?. The predicted molar refractivity (Wildman–Crippen MR) is 184 cm³/mol. The minimum Gasteiger partial charge on any atom is -0.309 e. The normalized spacial score (nSPS) is 14.1. The number of fused-ring (bicyclic) bond motifs is 8. The molecule has 4 nitrogen and oxygen atoms in total. The van der Waals surface area contributed by atoms with Crippen molar-refractivity contribution in [2.45, 2.75) is 39.5 Å². The summed E-state index contributed by atoms with van der Waals surface area (Å²) >= 11 is 0. The van der Waals surface area contributed by atoms with Crippen molar-refractivity contribution < 1.29 is 0 Å². The van der Waals surface area contributed by atoms with Gasteiger partial charge in [-0.2, -0.15) is 0 Å². The number of aryl methyl sites for hydroxylation is 5. The van der Waals surface area contributed by atoms with Crippen LogP contribution in [0.5, 0.6) is 0 Å². The van der Waals surface area contributed by atoms with Gasteiger partial charge in [-0.3, -0.25) is 4.98 Å². The van der Waals surface area contributed by atoms with Crippen LogP contribution in [0.4, 0.5) is 0 Å². The number of allylic oxidation sites excluding steroid dienone is 3. The Morgan fingerprint density at radius 1 is 0.773 bits per heavy atom. The molecule has 0 amide bonds. The van der Waals surface area contributed by atoms with Crippen LogP contribution < -0.4 is 0 Å². The Balaban J connectivity index is 1.44. The fraction of sp³-hybridized carbons (Fsp3) is 0.150. The summed E-state index contributed by atoms with van der Waals surface area (Å²) in [6.07, 6.45) is 9.80. The third-order valence-corrected chi connectivity index (χ3v) is 9.79. The van der Waals surface area contributed by atoms with Gasteiger partial charge in [0.15, 0.2) is 0 Å².